The van der Waals surface area contributed by atoms with Crippen molar-refractivity contribution in [1.82, 2.24) is 0 Å². The van der Waals surface area contributed by atoms with Crippen molar-refractivity contribution in [2.24, 2.45) is 0 Å². The minimum Gasteiger partial charge on any atom is -0.311 e. The van der Waals surface area contributed by atoms with Gasteiger partial charge in [-0.15, -0.1) is 0 Å². The lowest BCUT2D eigenvalue weighted by Crippen LogP contribution is -2.62. The molecule has 0 radical (unpaired) electrons. The van der Waals surface area contributed by atoms with Gasteiger partial charge >= 0.3 is 0 Å². The summed E-state index contributed by atoms with van der Waals surface area (Å²) in [6.45, 7) is 33.9. The quantitative estimate of drug-likeness (QED) is 0.159. The highest BCUT2D eigenvalue weighted by Crippen LogP contribution is 2.54. The van der Waals surface area contributed by atoms with E-state index in [0.29, 0.717) is 0 Å². The molecule has 4 aliphatic rings. The number of hydrogen-bond acceptors (Lipinski definition) is 3. The summed E-state index contributed by atoms with van der Waals surface area (Å²) in [5.74, 6) is 0. The summed E-state index contributed by atoms with van der Waals surface area (Å²) in [5.41, 5.74) is 23.7. The third-order valence-electron chi connectivity index (χ3n) is 17.2. The van der Waals surface area contributed by atoms with Crippen molar-refractivity contribution >= 4 is 74.3 Å². The van der Waals surface area contributed by atoms with Crippen molar-refractivity contribution in [2.75, 3.05) is 14.7 Å². The van der Waals surface area contributed by atoms with Crippen LogP contribution in [0.5, 0.6) is 0 Å². The lowest BCUT2D eigenvalue weighted by molar-refractivity contribution is 0.332. The number of benzene rings is 7. The highest BCUT2D eigenvalue weighted by molar-refractivity contribution is 7.00. The van der Waals surface area contributed by atoms with E-state index < -0.39 is 0 Å². The summed E-state index contributed by atoms with van der Waals surface area (Å²) in [7, 11) is 0. The zero-order valence-electron chi connectivity index (χ0n) is 44.6. The van der Waals surface area contributed by atoms with Gasteiger partial charge in [-0.1, -0.05) is 170 Å². The van der Waals surface area contributed by atoms with Gasteiger partial charge in [0.2, 0.25) is 0 Å². The lowest BCUT2D eigenvalue weighted by atomic mass is 9.33. The van der Waals surface area contributed by atoms with Gasteiger partial charge in [-0.05, 0) is 181 Å². The Morgan fingerprint density at radius 1 is 0.386 bits per heavy atom. The van der Waals surface area contributed by atoms with Crippen LogP contribution in [0.15, 0.2) is 146 Å². The van der Waals surface area contributed by atoms with Gasteiger partial charge in [0.1, 0.15) is 0 Å². The maximum atomic E-state index is 2.70. The van der Waals surface area contributed by atoms with E-state index in [9.17, 15) is 0 Å². The molecule has 2 aliphatic carbocycles. The van der Waals surface area contributed by atoms with Crippen molar-refractivity contribution in [1.29, 1.82) is 0 Å². The van der Waals surface area contributed by atoms with Gasteiger partial charge < -0.3 is 14.7 Å². The van der Waals surface area contributed by atoms with E-state index >= 15 is 0 Å². The molecule has 2 aliphatic heterocycles. The minimum atomic E-state index is -0.0522. The van der Waals surface area contributed by atoms with Gasteiger partial charge in [-0.3, -0.25) is 0 Å². The van der Waals surface area contributed by atoms with Gasteiger partial charge in [-0.25, -0.2) is 0 Å². The molecule has 2 heterocycles. The molecule has 3 nitrogen and oxygen atoms in total. The first kappa shape index (κ1) is 46.4. The van der Waals surface area contributed by atoms with E-state index in [1.54, 1.807) is 0 Å². The molecular formula is C66H74BN3. The van der Waals surface area contributed by atoms with E-state index in [0.717, 1.165) is 29.9 Å². The second-order valence-corrected chi connectivity index (χ2v) is 26.1. The second kappa shape index (κ2) is 15.8. The van der Waals surface area contributed by atoms with Crippen LogP contribution in [0.25, 0.3) is 0 Å². The number of rotatable bonds is 5. The molecule has 7 aromatic rings. The third kappa shape index (κ3) is 7.45. The van der Waals surface area contributed by atoms with Gasteiger partial charge in [0, 0.05) is 45.5 Å². The summed E-state index contributed by atoms with van der Waals surface area (Å²) >= 11 is 0. The molecular weight excluding hydrogens is 846 g/mol. The maximum Gasteiger partial charge on any atom is 0.252 e. The molecule has 7 aromatic carbocycles. The van der Waals surface area contributed by atoms with Crippen LogP contribution in [-0.2, 0) is 32.5 Å². The van der Waals surface area contributed by atoms with E-state index in [1.165, 1.54) is 96.7 Å². The minimum absolute atomic E-state index is 0.00240. The van der Waals surface area contributed by atoms with Crippen molar-refractivity contribution < 1.29 is 0 Å². The largest absolute Gasteiger partial charge is 0.311 e. The van der Waals surface area contributed by atoms with Crippen molar-refractivity contribution in [3.63, 3.8) is 0 Å². The lowest BCUT2D eigenvalue weighted by Gasteiger charge is -2.48. The predicted octanol–water partition coefficient (Wildman–Crippen LogP) is 16.5. The zero-order chi connectivity index (χ0) is 49.5. The van der Waals surface area contributed by atoms with Gasteiger partial charge in [0.25, 0.3) is 6.71 Å². The van der Waals surface area contributed by atoms with Crippen molar-refractivity contribution in [3.05, 3.63) is 179 Å². The fraction of sp³-hybridized carbons (Fsp3) is 0.364. The predicted molar refractivity (Wildman–Crippen MR) is 303 cm³/mol. The molecule has 0 fully saturated rings. The summed E-state index contributed by atoms with van der Waals surface area (Å²) in [6.07, 6.45) is 4.67. The van der Waals surface area contributed by atoms with Gasteiger partial charge in [-0.2, -0.15) is 0 Å². The summed E-state index contributed by atoms with van der Waals surface area (Å²) in [5, 5.41) is 0. The smallest absolute Gasteiger partial charge is 0.252 e. The molecule has 0 amide bonds. The topological polar surface area (TPSA) is 9.72 Å². The molecule has 70 heavy (non-hydrogen) atoms. The van der Waals surface area contributed by atoms with Crippen LogP contribution in [0.2, 0.25) is 0 Å². The Morgan fingerprint density at radius 2 is 0.857 bits per heavy atom. The average Bonchev–Trinajstić information content (AvgIpc) is 3.31. The highest BCUT2D eigenvalue weighted by Gasteiger charge is 2.48. The highest BCUT2D eigenvalue weighted by atomic mass is 15.2. The zero-order valence-corrected chi connectivity index (χ0v) is 44.6. The first-order valence-electron chi connectivity index (χ1n) is 26.2. The molecule has 0 spiro atoms. The SMILES string of the molecule is CC(C)(C)c1cccc(N2c3cc(C(C)(C)C)ccc3B3c4cc5c(cc4N(c4ccc6c(c4)C(C)(C)CCC6(C)C)c4cc(N(c6ccccc6)c6ccccc6)cc2c43)C(C)(C)CCC5(C)C)c1. The Kier molecular flexibility index (Phi) is 10.4. The van der Waals surface area contributed by atoms with Crippen LogP contribution in [-0.4, -0.2) is 6.71 Å². The monoisotopic (exact) mass is 920 g/mol. The van der Waals surface area contributed by atoms with Crippen molar-refractivity contribution in [2.45, 2.75) is 155 Å². The molecule has 0 N–H and O–H groups in total. The van der Waals surface area contributed by atoms with E-state index in [4.69, 9.17) is 0 Å². The number of para-hydroxylation sites is 2. The van der Waals surface area contributed by atoms with Gasteiger partial charge in [0.05, 0.1) is 5.69 Å². The Bertz CT molecular complexity index is 3160. The normalized spacial score (nSPS) is 18.0. The first-order valence-corrected chi connectivity index (χ1v) is 26.2. The molecule has 0 atom stereocenters. The number of hydrogen-bond donors (Lipinski definition) is 0. The second-order valence-electron chi connectivity index (χ2n) is 26.1. The molecule has 0 saturated heterocycles. The van der Waals surface area contributed by atoms with E-state index in [-0.39, 0.29) is 39.2 Å². The first-order chi connectivity index (χ1) is 32.9. The van der Waals surface area contributed by atoms with Crippen molar-refractivity contribution in [3.8, 4) is 0 Å². The van der Waals surface area contributed by atoms with Crippen LogP contribution in [0.4, 0.5) is 51.2 Å². The molecule has 11 rings (SSSR count). The van der Waals surface area contributed by atoms with E-state index in [1.807, 2.05) is 0 Å². The summed E-state index contributed by atoms with van der Waals surface area (Å²) in [6, 6.07) is 56.8. The molecule has 0 unspecified atom stereocenters. The molecule has 4 heteroatoms. The fourth-order valence-corrected chi connectivity index (χ4v) is 12.6. The van der Waals surface area contributed by atoms with Crippen LogP contribution >= 0.6 is 0 Å². The van der Waals surface area contributed by atoms with Gasteiger partial charge in [0.15, 0.2) is 0 Å². The summed E-state index contributed by atoms with van der Waals surface area (Å²) < 4.78 is 0. The van der Waals surface area contributed by atoms with Crippen LogP contribution in [0.3, 0.4) is 0 Å². The van der Waals surface area contributed by atoms with Crippen LogP contribution < -0.4 is 31.1 Å². The van der Waals surface area contributed by atoms with Crippen LogP contribution in [0.1, 0.15) is 156 Å². The number of fused-ring (bicyclic) bond motifs is 6. The standard InChI is InChI=1S/C66H74BN3/c1-61(2,3)43-22-21-27-47(36-43)69-56-37-44(62(4,5)6)28-31-54(56)67-55-41-52-53(66(13,14)35-34-65(52,11)12)42-57(55)70(48-29-30-50-51(38-48)64(9,10)33-32-63(50,7)8)59-40-49(39-58(69)60(59)67)68(45-23-17-15-18-24-45)46-25-19-16-20-26-46/h15-31,36-42H,32-35H2,1-14H3. The molecule has 356 valence electrons. The fourth-order valence-electron chi connectivity index (χ4n) is 12.6. The Hall–Kier alpha value is -6.00. The number of anilines is 9. The Morgan fingerprint density at radius 3 is 1.40 bits per heavy atom. The Labute approximate surface area is 421 Å². The van der Waals surface area contributed by atoms with E-state index in [2.05, 4.69) is 257 Å². The average molecular weight is 920 g/mol. The molecule has 0 bridgehead atoms. The number of nitrogens with zero attached hydrogens (tertiary/aromatic N) is 3. The maximum absolute atomic E-state index is 2.70. The molecule has 0 aromatic heterocycles. The third-order valence-corrected chi connectivity index (χ3v) is 17.2. The summed E-state index contributed by atoms with van der Waals surface area (Å²) in [4.78, 5) is 7.82. The molecule has 0 saturated carbocycles. The van der Waals surface area contributed by atoms with Crippen LogP contribution in [0, 0.1) is 0 Å². The Balaban J connectivity index is 1.32.